The smallest absolute Gasteiger partial charge is 0.118 e. The van der Waals surface area contributed by atoms with Gasteiger partial charge >= 0.3 is 0 Å². The number of hydrogen-bond acceptors (Lipinski definition) is 1. The van der Waals surface area contributed by atoms with Gasteiger partial charge < -0.3 is 9.30 Å². The van der Waals surface area contributed by atoms with E-state index in [1.54, 1.807) is 7.11 Å². The Hall–Kier alpha value is -2.22. The summed E-state index contributed by atoms with van der Waals surface area (Å²) in [6.45, 7) is 7.73. The maximum atomic E-state index is 5.22. The SMILES string of the molecule is COc1ccc(Cn2ccc3cc(CC(C)(C)C)ccc32)cc1. The Balaban J connectivity index is 1.84. The topological polar surface area (TPSA) is 14.2 Å². The van der Waals surface area contributed by atoms with Crippen LogP contribution < -0.4 is 4.74 Å². The van der Waals surface area contributed by atoms with E-state index in [2.05, 4.69) is 67.9 Å². The molecule has 0 aliphatic rings. The van der Waals surface area contributed by atoms with Crippen LogP contribution in [0.1, 0.15) is 31.9 Å². The van der Waals surface area contributed by atoms with Crippen molar-refractivity contribution in [1.29, 1.82) is 0 Å². The quantitative estimate of drug-likeness (QED) is 0.639. The molecule has 0 aliphatic carbocycles. The number of nitrogens with zero attached hydrogens (tertiary/aromatic N) is 1. The number of fused-ring (bicyclic) bond motifs is 1. The van der Waals surface area contributed by atoms with Gasteiger partial charge in [-0.3, -0.25) is 0 Å². The fourth-order valence-electron chi connectivity index (χ4n) is 3.04. The Labute approximate surface area is 138 Å². The lowest BCUT2D eigenvalue weighted by atomic mass is 9.88. The zero-order chi connectivity index (χ0) is 16.4. The third kappa shape index (κ3) is 3.76. The molecule has 120 valence electrons. The van der Waals surface area contributed by atoms with Crippen LogP contribution in [0.25, 0.3) is 10.9 Å². The first-order chi connectivity index (χ1) is 10.9. The van der Waals surface area contributed by atoms with E-state index in [1.165, 1.54) is 22.0 Å². The Morgan fingerprint density at radius 1 is 0.913 bits per heavy atom. The van der Waals surface area contributed by atoms with Gasteiger partial charge in [0.05, 0.1) is 7.11 Å². The van der Waals surface area contributed by atoms with Crippen LogP contribution in [0.3, 0.4) is 0 Å². The van der Waals surface area contributed by atoms with E-state index in [1.807, 2.05) is 12.1 Å². The largest absolute Gasteiger partial charge is 0.497 e. The average molecular weight is 307 g/mol. The Morgan fingerprint density at radius 2 is 1.61 bits per heavy atom. The molecule has 0 amide bonds. The van der Waals surface area contributed by atoms with Crippen molar-refractivity contribution in [3.8, 4) is 5.75 Å². The molecule has 3 rings (SSSR count). The molecular weight excluding hydrogens is 282 g/mol. The van der Waals surface area contributed by atoms with Crippen molar-refractivity contribution >= 4 is 10.9 Å². The highest BCUT2D eigenvalue weighted by Gasteiger charge is 2.12. The van der Waals surface area contributed by atoms with E-state index in [-0.39, 0.29) is 0 Å². The van der Waals surface area contributed by atoms with E-state index < -0.39 is 0 Å². The standard InChI is InChI=1S/C21H25NO/c1-21(2,3)14-17-7-10-20-18(13-17)11-12-22(20)15-16-5-8-19(23-4)9-6-16/h5-13H,14-15H2,1-4H3. The predicted molar refractivity (Wildman–Crippen MR) is 97.2 cm³/mol. The summed E-state index contributed by atoms with van der Waals surface area (Å²) in [6.07, 6.45) is 3.28. The molecule has 0 saturated carbocycles. The second kappa shape index (κ2) is 6.11. The highest BCUT2D eigenvalue weighted by molar-refractivity contribution is 5.81. The molecule has 0 saturated heterocycles. The van der Waals surface area contributed by atoms with Crippen molar-refractivity contribution in [2.75, 3.05) is 7.11 Å². The minimum Gasteiger partial charge on any atom is -0.497 e. The van der Waals surface area contributed by atoms with Crippen LogP contribution in [-0.4, -0.2) is 11.7 Å². The van der Waals surface area contributed by atoms with E-state index in [0.717, 1.165) is 18.7 Å². The summed E-state index contributed by atoms with van der Waals surface area (Å²) in [7, 11) is 1.70. The number of benzene rings is 2. The summed E-state index contributed by atoms with van der Waals surface area (Å²) < 4.78 is 7.52. The molecule has 0 atom stereocenters. The highest BCUT2D eigenvalue weighted by Crippen LogP contribution is 2.25. The molecule has 23 heavy (non-hydrogen) atoms. The van der Waals surface area contributed by atoms with Gasteiger partial charge in [-0.15, -0.1) is 0 Å². The number of rotatable bonds is 4. The van der Waals surface area contributed by atoms with Crippen molar-refractivity contribution in [2.24, 2.45) is 5.41 Å². The maximum absolute atomic E-state index is 5.22. The van der Waals surface area contributed by atoms with Crippen molar-refractivity contribution < 1.29 is 4.74 Å². The van der Waals surface area contributed by atoms with Gasteiger partial charge in [-0.1, -0.05) is 39.0 Å². The van der Waals surface area contributed by atoms with Crippen LogP contribution in [0.4, 0.5) is 0 Å². The van der Waals surface area contributed by atoms with Gasteiger partial charge in [0.25, 0.3) is 0 Å². The van der Waals surface area contributed by atoms with E-state index in [0.29, 0.717) is 5.41 Å². The summed E-state index contributed by atoms with van der Waals surface area (Å²) in [5.41, 5.74) is 4.30. The van der Waals surface area contributed by atoms with Crippen LogP contribution in [0.2, 0.25) is 0 Å². The van der Waals surface area contributed by atoms with Gasteiger partial charge in [-0.25, -0.2) is 0 Å². The number of methoxy groups -OCH3 is 1. The lowest BCUT2D eigenvalue weighted by Crippen LogP contribution is -2.08. The average Bonchev–Trinajstić information content (AvgIpc) is 2.89. The zero-order valence-corrected chi connectivity index (χ0v) is 14.5. The number of hydrogen-bond donors (Lipinski definition) is 0. The minimum atomic E-state index is 0.319. The number of ether oxygens (including phenoxy) is 1. The second-order valence-electron chi connectivity index (χ2n) is 7.42. The Bertz CT molecular complexity index is 791. The summed E-state index contributed by atoms with van der Waals surface area (Å²) in [6, 6.07) is 17.3. The van der Waals surface area contributed by atoms with Crippen molar-refractivity contribution in [3.63, 3.8) is 0 Å². The molecule has 2 heteroatoms. The van der Waals surface area contributed by atoms with Gasteiger partial charge in [0.15, 0.2) is 0 Å². The first-order valence-corrected chi connectivity index (χ1v) is 8.15. The van der Waals surface area contributed by atoms with Crippen LogP contribution in [0.5, 0.6) is 5.75 Å². The molecule has 0 spiro atoms. The second-order valence-corrected chi connectivity index (χ2v) is 7.42. The molecule has 2 aromatic carbocycles. The summed E-state index contributed by atoms with van der Waals surface area (Å²) >= 11 is 0. The van der Waals surface area contributed by atoms with Crippen LogP contribution >= 0.6 is 0 Å². The monoisotopic (exact) mass is 307 g/mol. The first-order valence-electron chi connectivity index (χ1n) is 8.15. The van der Waals surface area contributed by atoms with Gasteiger partial charge in [0, 0.05) is 18.3 Å². The lowest BCUT2D eigenvalue weighted by Gasteiger charge is -2.18. The predicted octanol–water partition coefficient (Wildman–Crippen LogP) is 5.29. The Morgan fingerprint density at radius 3 is 2.26 bits per heavy atom. The summed E-state index contributed by atoms with van der Waals surface area (Å²) in [5, 5.41) is 1.32. The zero-order valence-electron chi connectivity index (χ0n) is 14.5. The molecule has 0 bridgehead atoms. The molecule has 0 unspecified atom stereocenters. The molecule has 0 aliphatic heterocycles. The molecule has 0 fully saturated rings. The van der Waals surface area contributed by atoms with Crippen molar-refractivity contribution in [1.82, 2.24) is 4.57 Å². The van der Waals surface area contributed by atoms with Gasteiger partial charge in [-0.2, -0.15) is 0 Å². The van der Waals surface area contributed by atoms with Crippen LogP contribution in [-0.2, 0) is 13.0 Å². The van der Waals surface area contributed by atoms with E-state index >= 15 is 0 Å². The van der Waals surface area contributed by atoms with Gasteiger partial charge in [-0.05, 0) is 58.7 Å². The van der Waals surface area contributed by atoms with Crippen LogP contribution in [0, 0.1) is 5.41 Å². The third-order valence-corrected chi connectivity index (χ3v) is 4.08. The van der Waals surface area contributed by atoms with Crippen molar-refractivity contribution in [3.05, 3.63) is 65.9 Å². The molecule has 2 nitrogen and oxygen atoms in total. The van der Waals surface area contributed by atoms with Gasteiger partial charge in [0.2, 0.25) is 0 Å². The first kappa shape index (κ1) is 15.7. The molecule has 1 heterocycles. The molecular formula is C21H25NO. The third-order valence-electron chi connectivity index (χ3n) is 4.08. The van der Waals surface area contributed by atoms with Crippen molar-refractivity contribution in [2.45, 2.75) is 33.7 Å². The number of aromatic nitrogens is 1. The molecule has 0 N–H and O–H groups in total. The van der Waals surface area contributed by atoms with Crippen LogP contribution in [0.15, 0.2) is 54.7 Å². The fraction of sp³-hybridized carbons (Fsp3) is 0.333. The normalized spacial score (nSPS) is 11.8. The van der Waals surface area contributed by atoms with E-state index in [4.69, 9.17) is 4.74 Å². The molecule has 3 aromatic rings. The molecule has 1 aromatic heterocycles. The van der Waals surface area contributed by atoms with E-state index in [9.17, 15) is 0 Å². The molecule has 0 radical (unpaired) electrons. The summed E-state index contributed by atoms with van der Waals surface area (Å²) in [5.74, 6) is 0.901. The summed E-state index contributed by atoms with van der Waals surface area (Å²) in [4.78, 5) is 0. The highest BCUT2D eigenvalue weighted by atomic mass is 16.5. The van der Waals surface area contributed by atoms with Gasteiger partial charge in [0.1, 0.15) is 5.75 Å². The minimum absolute atomic E-state index is 0.319. The Kier molecular flexibility index (Phi) is 4.16. The lowest BCUT2D eigenvalue weighted by molar-refractivity contribution is 0.411. The maximum Gasteiger partial charge on any atom is 0.118 e. The fourth-order valence-corrected chi connectivity index (χ4v) is 3.04.